The zero-order valence-corrected chi connectivity index (χ0v) is 12.1. The molecule has 0 saturated carbocycles. The quantitative estimate of drug-likeness (QED) is 0.598. The molecule has 0 aliphatic heterocycles. The van der Waals surface area contributed by atoms with E-state index in [1.54, 1.807) is 0 Å². The molecule has 8 nitrogen and oxygen atoms in total. The number of nitrogens with one attached hydrogen (secondary N) is 2. The minimum absolute atomic E-state index is 0.00362. The van der Waals surface area contributed by atoms with E-state index < -0.39 is 21.9 Å². The molecule has 0 aromatic heterocycles. The highest BCUT2D eigenvalue weighted by Gasteiger charge is 2.15. The van der Waals surface area contributed by atoms with Crippen LogP contribution in [0.5, 0.6) is 5.75 Å². The van der Waals surface area contributed by atoms with Gasteiger partial charge in [0.05, 0.1) is 24.5 Å². The lowest BCUT2D eigenvalue weighted by Crippen LogP contribution is -2.35. The second kappa shape index (κ2) is 7.60. The molecule has 1 aromatic rings. The molecular weight excluding hydrogens is 300 g/mol. The zero-order chi connectivity index (χ0) is 15.9. The van der Waals surface area contributed by atoms with Crippen LogP contribution in [0.15, 0.2) is 29.2 Å². The molecule has 0 fully saturated rings. The highest BCUT2D eigenvalue weighted by atomic mass is 32.2. The van der Waals surface area contributed by atoms with Crippen molar-refractivity contribution in [3.8, 4) is 5.75 Å². The van der Waals surface area contributed by atoms with Crippen molar-refractivity contribution in [3.05, 3.63) is 24.3 Å². The molecule has 0 aliphatic carbocycles. The summed E-state index contributed by atoms with van der Waals surface area (Å²) < 4.78 is 31.0. The molecule has 3 N–H and O–H groups in total. The van der Waals surface area contributed by atoms with E-state index in [4.69, 9.17) is 9.84 Å². The van der Waals surface area contributed by atoms with Crippen LogP contribution in [-0.2, 0) is 19.6 Å². The Bertz CT molecular complexity index is 597. The summed E-state index contributed by atoms with van der Waals surface area (Å²) in [4.78, 5) is 21.3. The summed E-state index contributed by atoms with van der Waals surface area (Å²) >= 11 is 0. The molecule has 116 valence electrons. The Labute approximate surface area is 122 Å². The van der Waals surface area contributed by atoms with Gasteiger partial charge in [0.15, 0.2) is 0 Å². The second-order valence-electron chi connectivity index (χ2n) is 3.96. The third kappa shape index (κ3) is 5.79. The zero-order valence-electron chi connectivity index (χ0n) is 11.3. The smallest absolute Gasteiger partial charge is 0.306 e. The number of carboxylic acids is 1. The first-order chi connectivity index (χ1) is 9.85. The van der Waals surface area contributed by atoms with Crippen molar-refractivity contribution in [1.82, 2.24) is 10.0 Å². The molecule has 21 heavy (non-hydrogen) atoms. The van der Waals surface area contributed by atoms with Crippen LogP contribution >= 0.6 is 0 Å². The van der Waals surface area contributed by atoms with Crippen LogP contribution in [0.25, 0.3) is 0 Å². The largest absolute Gasteiger partial charge is 0.493 e. The van der Waals surface area contributed by atoms with Gasteiger partial charge in [0.25, 0.3) is 0 Å². The van der Waals surface area contributed by atoms with Crippen LogP contribution in [0.1, 0.15) is 6.42 Å². The summed E-state index contributed by atoms with van der Waals surface area (Å²) in [5, 5.41) is 10.8. The summed E-state index contributed by atoms with van der Waals surface area (Å²) in [6.07, 6.45) is -0.145. The van der Waals surface area contributed by atoms with E-state index in [1.165, 1.54) is 31.3 Å². The lowest BCUT2D eigenvalue weighted by Gasteiger charge is -2.08. The Morgan fingerprint density at radius 3 is 2.38 bits per heavy atom. The van der Waals surface area contributed by atoms with Crippen LogP contribution < -0.4 is 14.8 Å². The fraction of sp³-hybridized carbons (Fsp3) is 0.333. The molecule has 0 aliphatic rings. The van der Waals surface area contributed by atoms with Gasteiger partial charge in [-0.2, -0.15) is 0 Å². The number of carbonyl (C=O) groups excluding carboxylic acids is 1. The van der Waals surface area contributed by atoms with E-state index in [1.807, 2.05) is 0 Å². The number of rotatable bonds is 8. The number of carbonyl (C=O) groups is 2. The maximum absolute atomic E-state index is 11.9. The first kappa shape index (κ1) is 16.9. The highest BCUT2D eigenvalue weighted by Crippen LogP contribution is 2.15. The van der Waals surface area contributed by atoms with E-state index in [-0.39, 0.29) is 24.5 Å². The second-order valence-corrected chi connectivity index (χ2v) is 5.73. The molecule has 9 heteroatoms. The first-order valence-electron chi connectivity index (χ1n) is 6.00. The minimum Gasteiger partial charge on any atom is -0.493 e. The predicted octanol–water partition coefficient (Wildman–Crippen LogP) is -0.436. The number of hydrogen-bond acceptors (Lipinski definition) is 5. The normalized spacial score (nSPS) is 10.9. The fourth-order valence-corrected chi connectivity index (χ4v) is 2.29. The van der Waals surface area contributed by atoms with Gasteiger partial charge in [-0.05, 0) is 24.3 Å². The molecule has 0 bridgehead atoms. The van der Waals surface area contributed by atoms with Crippen LogP contribution in [0, 0.1) is 0 Å². The highest BCUT2D eigenvalue weighted by molar-refractivity contribution is 7.89. The topological polar surface area (TPSA) is 122 Å². The van der Waals surface area contributed by atoms with Crippen molar-refractivity contribution >= 4 is 21.9 Å². The standard InChI is InChI=1S/C12H16N2O6S/c1-13-11(15)8-14-21(18,19)10-4-2-9(3-5-10)20-7-6-12(16)17/h2-5,14H,6-8H2,1H3,(H,13,15)(H,16,17). The van der Waals surface area contributed by atoms with Crippen molar-refractivity contribution in [3.63, 3.8) is 0 Å². The summed E-state index contributed by atoms with van der Waals surface area (Å²) in [5.74, 6) is -1.07. The van der Waals surface area contributed by atoms with Crippen molar-refractivity contribution in [2.45, 2.75) is 11.3 Å². The molecule has 0 spiro atoms. The molecule has 0 heterocycles. The maximum Gasteiger partial charge on any atom is 0.306 e. The lowest BCUT2D eigenvalue weighted by atomic mass is 10.3. The van der Waals surface area contributed by atoms with Crippen molar-refractivity contribution in [2.24, 2.45) is 0 Å². The molecule has 0 radical (unpaired) electrons. The van der Waals surface area contributed by atoms with Crippen molar-refractivity contribution < 1.29 is 27.9 Å². The van der Waals surface area contributed by atoms with Gasteiger partial charge >= 0.3 is 5.97 Å². The Kier molecular flexibility index (Phi) is 6.12. The third-order valence-corrected chi connectivity index (χ3v) is 3.84. The van der Waals surface area contributed by atoms with E-state index in [2.05, 4.69) is 10.0 Å². The number of hydrogen-bond donors (Lipinski definition) is 3. The molecule has 0 unspecified atom stereocenters. The van der Waals surface area contributed by atoms with Gasteiger partial charge in [0.1, 0.15) is 5.75 Å². The van der Waals surface area contributed by atoms with E-state index in [9.17, 15) is 18.0 Å². The van der Waals surface area contributed by atoms with Gasteiger partial charge in [0, 0.05) is 7.05 Å². The number of carboxylic acid groups (broad SMARTS) is 1. The fourth-order valence-electron chi connectivity index (χ4n) is 1.30. The predicted molar refractivity (Wildman–Crippen MR) is 73.4 cm³/mol. The van der Waals surface area contributed by atoms with E-state index >= 15 is 0 Å². The number of benzene rings is 1. The van der Waals surface area contributed by atoms with E-state index in [0.29, 0.717) is 5.75 Å². The van der Waals surface area contributed by atoms with Gasteiger partial charge in [-0.1, -0.05) is 0 Å². The van der Waals surface area contributed by atoms with Crippen LogP contribution in [0.4, 0.5) is 0 Å². The summed E-state index contributed by atoms with van der Waals surface area (Å²) in [6.45, 7) is -0.355. The van der Waals surface area contributed by atoms with Gasteiger partial charge in [-0.15, -0.1) is 0 Å². The Morgan fingerprint density at radius 2 is 1.86 bits per heavy atom. The average Bonchev–Trinajstić information content (AvgIpc) is 2.45. The minimum atomic E-state index is -3.78. The van der Waals surface area contributed by atoms with Crippen molar-refractivity contribution in [1.29, 1.82) is 0 Å². The third-order valence-electron chi connectivity index (χ3n) is 2.42. The van der Waals surface area contributed by atoms with Gasteiger partial charge < -0.3 is 15.2 Å². The molecule has 1 rings (SSSR count). The average molecular weight is 316 g/mol. The molecule has 0 atom stereocenters. The van der Waals surface area contributed by atoms with E-state index in [0.717, 1.165) is 0 Å². The van der Waals surface area contributed by atoms with Crippen LogP contribution in [0.3, 0.4) is 0 Å². The first-order valence-corrected chi connectivity index (χ1v) is 7.48. The number of amides is 1. The molecular formula is C12H16N2O6S. The number of sulfonamides is 1. The van der Waals surface area contributed by atoms with Gasteiger partial charge in [-0.25, -0.2) is 13.1 Å². The van der Waals surface area contributed by atoms with Gasteiger partial charge in [0.2, 0.25) is 15.9 Å². The van der Waals surface area contributed by atoms with Gasteiger partial charge in [-0.3, -0.25) is 9.59 Å². The lowest BCUT2D eigenvalue weighted by molar-refractivity contribution is -0.137. The molecule has 1 amide bonds. The monoisotopic (exact) mass is 316 g/mol. The van der Waals surface area contributed by atoms with Crippen molar-refractivity contribution in [2.75, 3.05) is 20.2 Å². The summed E-state index contributed by atoms with van der Waals surface area (Å²) in [5.41, 5.74) is 0. The molecule has 1 aromatic carbocycles. The Morgan fingerprint density at radius 1 is 1.24 bits per heavy atom. The SMILES string of the molecule is CNC(=O)CNS(=O)(=O)c1ccc(OCCC(=O)O)cc1. The molecule has 0 saturated heterocycles. The Hall–Kier alpha value is -2.13. The number of aliphatic carboxylic acids is 1. The Balaban J connectivity index is 2.63. The van der Waals surface area contributed by atoms with Crippen LogP contribution in [0.2, 0.25) is 0 Å². The summed E-state index contributed by atoms with van der Waals surface area (Å²) in [7, 11) is -2.37. The number of likely N-dealkylation sites (N-methyl/N-ethyl adjacent to an activating group) is 1. The maximum atomic E-state index is 11.9. The van der Waals surface area contributed by atoms with Crippen LogP contribution in [-0.4, -0.2) is 45.6 Å². The summed E-state index contributed by atoms with van der Waals surface area (Å²) in [6, 6.07) is 5.44. The number of ether oxygens (including phenoxy) is 1.